The molecular formula is C22H34N6O3. The average Bonchev–Trinajstić information content (AvgIpc) is 3.40. The Bertz CT molecular complexity index is 867. The van der Waals surface area contributed by atoms with Gasteiger partial charge >= 0.3 is 0 Å². The zero-order chi connectivity index (χ0) is 22.4. The molecule has 0 radical (unpaired) electrons. The standard InChI is InChI=1S/C22H34N6O3/c1-22(2,3)20-26-19(27-31-20)12-24-21(23-4)25-16-7-8-28(14-16)13-15-9-17(29-5)11-18(10-15)30-6/h9-11,16H,7-8,12-14H2,1-6H3,(H2,23,24,25). The van der Waals surface area contributed by atoms with Crippen molar-refractivity contribution >= 4 is 5.96 Å². The van der Waals surface area contributed by atoms with E-state index in [0.717, 1.165) is 43.5 Å². The number of benzene rings is 1. The van der Waals surface area contributed by atoms with E-state index in [1.807, 2.05) is 26.8 Å². The molecule has 0 aliphatic carbocycles. The summed E-state index contributed by atoms with van der Waals surface area (Å²) in [6.07, 6.45) is 1.04. The molecule has 1 atom stereocenters. The van der Waals surface area contributed by atoms with E-state index < -0.39 is 0 Å². The number of likely N-dealkylation sites (tertiary alicyclic amines) is 1. The van der Waals surface area contributed by atoms with Gasteiger partial charge in [-0.25, -0.2) is 0 Å². The average molecular weight is 431 g/mol. The molecule has 0 bridgehead atoms. The first-order chi connectivity index (χ1) is 14.8. The number of nitrogens with one attached hydrogen (secondary N) is 2. The summed E-state index contributed by atoms with van der Waals surface area (Å²) in [5, 5.41) is 10.8. The number of ether oxygens (including phenoxy) is 2. The van der Waals surface area contributed by atoms with Crippen molar-refractivity contribution in [1.29, 1.82) is 0 Å². The molecule has 1 aliphatic rings. The minimum atomic E-state index is -0.161. The second-order valence-electron chi connectivity index (χ2n) is 8.78. The van der Waals surface area contributed by atoms with E-state index >= 15 is 0 Å². The third-order valence-electron chi connectivity index (χ3n) is 5.18. The van der Waals surface area contributed by atoms with Crippen LogP contribution in [0.3, 0.4) is 0 Å². The lowest BCUT2D eigenvalue weighted by Gasteiger charge is -2.19. The number of nitrogens with zero attached hydrogens (tertiary/aromatic N) is 4. The Kier molecular flexibility index (Phi) is 7.37. The van der Waals surface area contributed by atoms with Gasteiger partial charge in [0.1, 0.15) is 11.5 Å². The Labute approximate surface area is 184 Å². The Morgan fingerprint density at radius 1 is 1.23 bits per heavy atom. The van der Waals surface area contributed by atoms with Gasteiger partial charge in [-0.1, -0.05) is 25.9 Å². The van der Waals surface area contributed by atoms with Crippen molar-refractivity contribution < 1.29 is 14.0 Å². The largest absolute Gasteiger partial charge is 0.497 e. The minimum Gasteiger partial charge on any atom is -0.497 e. The van der Waals surface area contributed by atoms with Crippen molar-refractivity contribution in [3.63, 3.8) is 0 Å². The van der Waals surface area contributed by atoms with Crippen LogP contribution in [0.25, 0.3) is 0 Å². The van der Waals surface area contributed by atoms with Crippen molar-refractivity contribution in [2.45, 2.75) is 51.7 Å². The van der Waals surface area contributed by atoms with Gasteiger partial charge in [0.05, 0.1) is 20.8 Å². The monoisotopic (exact) mass is 430 g/mol. The highest BCUT2D eigenvalue weighted by Crippen LogP contribution is 2.24. The fraction of sp³-hybridized carbons (Fsp3) is 0.591. The molecule has 3 rings (SSSR count). The molecule has 9 nitrogen and oxygen atoms in total. The Hall–Kier alpha value is -2.81. The lowest BCUT2D eigenvalue weighted by atomic mass is 9.97. The highest BCUT2D eigenvalue weighted by Gasteiger charge is 2.24. The van der Waals surface area contributed by atoms with Crippen LogP contribution in [0.5, 0.6) is 11.5 Å². The Morgan fingerprint density at radius 2 is 1.94 bits per heavy atom. The molecule has 31 heavy (non-hydrogen) atoms. The third kappa shape index (κ3) is 6.33. The van der Waals surface area contributed by atoms with Gasteiger partial charge in [0.25, 0.3) is 0 Å². The highest BCUT2D eigenvalue weighted by molar-refractivity contribution is 5.79. The molecule has 2 heterocycles. The van der Waals surface area contributed by atoms with Crippen molar-refractivity contribution in [3.05, 3.63) is 35.5 Å². The fourth-order valence-corrected chi connectivity index (χ4v) is 3.49. The SMILES string of the molecule is CN=C(NCc1noc(C(C)(C)C)n1)NC1CCN(Cc2cc(OC)cc(OC)c2)C1. The Morgan fingerprint density at radius 3 is 2.52 bits per heavy atom. The molecule has 2 N–H and O–H groups in total. The first kappa shape index (κ1) is 22.9. The summed E-state index contributed by atoms with van der Waals surface area (Å²) in [5.41, 5.74) is 1.01. The number of aliphatic imine (C=N–C) groups is 1. The molecule has 9 heteroatoms. The van der Waals surface area contributed by atoms with Crippen LogP contribution in [0.1, 0.15) is 44.5 Å². The van der Waals surface area contributed by atoms with E-state index in [4.69, 9.17) is 14.0 Å². The molecule has 0 spiro atoms. The van der Waals surface area contributed by atoms with Gasteiger partial charge in [-0.05, 0) is 24.1 Å². The number of rotatable bonds is 7. The van der Waals surface area contributed by atoms with Crippen LogP contribution in [0, 0.1) is 0 Å². The van der Waals surface area contributed by atoms with E-state index in [1.54, 1.807) is 21.3 Å². The van der Waals surface area contributed by atoms with Crippen molar-refractivity contribution in [1.82, 2.24) is 25.7 Å². The summed E-state index contributed by atoms with van der Waals surface area (Å²) in [6, 6.07) is 6.32. The fourth-order valence-electron chi connectivity index (χ4n) is 3.49. The highest BCUT2D eigenvalue weighted by atomic mass is 16.5. The molecular weight excluding hydrogens is 396 g/mol. The van der Waals surface area contributed by atoms with Crippen molar-refractivity contribution in [2.24, 2.45) is 4.99 Å². The minimum absolute atomic E-state index is 0.161. The quantitative estimate of drug-likeness (QED) is 0.510. The van der Waals surface area contributed by atoms with Crippen LogP contribution in [-0.4, -0.2) is 61.4 Å². The van der Waals surface area contributed by atoms with E-state index in [0.29, 0.717) is 24.3 Å². The topological polar surface area (TPSA) is 97.0 Å². The third-order valence-corrected chi connectivity index (χ3v) is 5.18. The van der Waals surface area contributed by atoms with E-state index in [-0.39, 0.29) is 5.41 Å². The van der Waals surface area contributed by atoms with Crippen LogP contribution in [-0.2, 0) is 18.5 Å². The molecule has 0 amide bonds. The van der Waals surface area contributed by atoms with Crippen LogP contribution >= 0.6 is 0 Å². The van der Waals surface area contributed by atoms with Gasteiger partial charge in [0.2, 0.25) is 5.89 Å². The molecule has 1 aromatic carbocycles. The van der Waals surface area contributed by atoms with Crippen molar-refractivity contribution in [3.8, 4) is 11.5 Å². The molecule has 1 saturated heterocycles. The van der Waals surface area contributed by atoms with Gasteiger partial charge in [-0.2, -0.15) is 4.98 Å². The second-order valence-corrected chi connectivity index (χ2v) is 8.78. The molecule has 0 saturated carbocycles. The maximum absolute atomic E-state index is 5.38. The van der Waals surface area contributed by atoms with E-state index in [2.05, 4.69) is 42.8 Å². The smallest absolute Gasteiger partial charge is 0.232 e. The molecule has 170 valence electrons. The zero-order valence-corrected chi connectivity index (χ0v) is 19.4. The summed E-state index contributed by atoms with van der Waals surface area (Å²) in [6.45, 7) is 9.38. The molecule has 1 unspecified atom stereocenters. The van der Waals surface area contributed by atoms with Gasteiger partial charge < -0.3 is 24.6 Å². The van der Waals surface area contributed by atoms with Gasteiger partial charge in [0, 0.05) is 44.2 Å². The second kappa shape index (κ2) is 10.00. The predicted molar refractivity (Wildman–Crippen MR) is 120 cm³/mol. The number of hydrogen-bond donors (Lipinski definition) is 2. The summed E-state index contributed by atoms with van der Waals surface area (Å²) < 4.78 is 16.1. The lowest BCUT2D eigenvalue weighted by Crippen LogP contribution is -2.44. The zero-order valence-electron chi connectivity index (χ0n) is 19.4. The molecule has 1 aromatic heterocycles. The summed E-state index contributed by atoms with van der Waals surface area (Å²) in [7, 11) is 5.11. The Balaban J connectivity index is 1.50. The summed E-state index contributed by atoms with van der Waals surface area (Å²) in [4.78, 5) is 11.2. The van der Waals surface area contributed by atoms with Crippen LogP contribution < -0.4 is 20.1 Å². The molecule has 1 fully saturated rings. The number of methoxy groups -OCH3 is 2. The van der Waals surface area contributed by atoms with E-state index in [1.165, 1.54) is 5.56 Å². The van der Waals surface area contributed by atoms with Gasteiger partial charge in [-0.15, -0.1) is 0 Å². The maximum atomic E-state index is 5.38. The van der Waals surface area contributed by atoms with Crippen LogP contribution in [0.15, 0.2) is 27.7 Å². The van der Waals surface area contributed by atoms with Crippen molar-refractivity contribution in [2.75, 3.05) is 34.4 Å². The number of aromatic nitrogens is 2. The lowest BCUT2D eigenvalue weighted by molar-refractivity contribution is 0.318. The first-order valence-corrected chi connectivity index (χ1v) is 10.5. The molecule has 1 aliphatic heterocycles. The van der Waals surface area contributed by atoms with Gasteiger partial charge in [-0.3, -0.25) is 9.89 Å². The number of hydrogen-bond acceptors (Lipinski definition) is 7. The first-order valence-electron chi connectivity index (χ1n) is 10.5. The maximum Gasteiger partial charge on any atom is 0.232 e. The van der Waals surface area contributed by atoms with Crippen LogP contribution in [0.4, 0.5) is 0 Å². The summed E-state index contributed by atoms with van der Waals surface area (Å²) >= 11 is 0. The van der Waals surface area contributed by atoms with Gasteiger partial charge in [0.15, 0.2) is 11.8 Å². The van der Waals surface area contributed by atoms with E-state index in [9.17, 15) is 0 Å². The predicted octanol–water partition coefficient (Wildman–Crippen LogP) is 2.32. The normalized spacial score (nSPS) is 17.6. The van der Waals surface area contributed by atoms with Crippen LogP contribution in [0.2, 0.25) is 0 Å². The molecule has 2 aromatic rings. The number of guanidine groups is 1. The summed E-state index contributed by atoms with van der Waals surface area (Å²) in [5.74, 6) is 3.60.